The second-order valence-corrected chi connectivity index (χ2v) is 8.10. The molecule has 0 spiro atoms. The first-order chi connectivity index (χ1) is 12.9. The van der Waals surface area contributed by atoms with Gasteiger partial charge in [0.05, 0.1) is 19.1 Å². The number of nitrogens with zero attached hydrogens (tertiary/aromatic N) is 1. The van der Waals surface area contributed by atoms with E-state index in [1.807, 2.05) is 63.2 Å². The van der Waals surface area contributed by atoms with Gasteiger partial charge in [0, 0.05) is 12.6 Å². The lowest BCUT2D eigenvalue weighted by molar-refractivity contribution is -0.157. The predicted octanol–water partition coefficient (Wildman–Crippen LogP) is 4.05. The van der Waals surface area contributed by atoms with Crippen molar-refractivity contribution in [1.82, 2.24) is 4.90 Å². The number of carbonyl (C=O) groups excluding carboxylic acids is 1. The van der Waals surface area contributed by atoms with Gasteiger partial charge in [0.1, 0.15) is 5.60 Å². The molecule has 0 aliphatic carbocycles. The molecular formula is C23H29NO3. The molecule has 2 aromatic rings. The van der Waals surface area contributed by atoms with Crippen molar-refractivity contribution in [3.8, 4) is 0 Å². The first kappa shape index (κ1) is 19.6. The molecule has 2 atom stereocenters. The zero-order valence-corrected chi connectivity index (χ0v) is 16.4. The van der Waals surface area contributed by atoms with Gasteiger partial charge in [-0.3, -0.25) is 9.69 Å². The highest BCUT2D eigenvalue weighted by Crippen LogP contribution is 2.38. The lowest BCUT2D eigenvalue weighted by atomic mass is 9.88. The van der Waals surface area contributed by atoms with E-state index in [1.165, 1.54) is 5.56 Å². The van der Waals surface area contributed by atoms with Gasteiger partial charge >= 0.3 is 5.97 Å². The molecule has 0 radical (unpaired) electrons. The zero-order chi connectivity index (χ0) is 19.4. The quantitative estimate of drug-likeness (QED) is 0.810. The molecule has 0 saturated carbocycles. The smallest absolute Gasteiger partial charge is 0.308 e. The lowest BCUT2D eigenvalue weighted by Crippen LogP contribution is -2.41. The van der Waals surface area contributed by atoms with Crippen LogP contribution in [0.3, 0.4) is 0 Å². The molecule has 1 aliphatic heterocycles. The van der Waals surface area contributed by atoms with Gasteiger partial charge in [0.15, 0.2) is 0 Å². The van der Waals surface area contributed by atoms with E-state index in [-0.39, 0.29) is 31.1 Å². The Morgan fingerprint density at radius 2 is 1.81 bits per heavy atom. The van der Waals surface area contributed by atoms with E-state index < -0.39 is 5.60 Å². The summed E-state index contributed by atoms with van der Waals surface area (Å²) in [6, 6.07) is 18.0. The Morgan fingerprint density at radius 1 is 1.15 bits per heavy atom. The standard InChI is InChI=1S/C23H29NO3/c1-23(2,3)27-22(26)15-20-19-12-8-7-9-17(19)13-14-24(20)21(16-25)18-10-5-4-6-11-18/h4-12,20-21,25H,13-16H2,1-3H3/t20-,21+/m1/s1. The minimum Gasteiger partial charge on any atom is -0.460 e. The largest absolute Gasteiger partial charge is 0.460 e. The Kier molecular flexibility index (Phi) is 5.98. The molecule has 0 aromatic heterocycles. The van der Waals surface area contributed by atoms with Crippen LogP contribution in [0.1, 0.15) is 56.0 Å². The van der Waals surface area contributed by atoms with E-state index in [1.54, 1.807) is 0 Å². The molecular weight excluding hydrogens is 338 g/mol. The van der Waals surface area contributed by atoms with Crippen LogP contribution in [0.15, 0.2) is 54.6 Å². The third-order valence-corrected chi connectivity index (χ3v) is 4.99. The van der Waals surface area contributed by atoms with Crippen LogP contribution in [0.2, 0.25) is 0 Å². The normalized spacial score (nSPS) is 18.6. The number of hydrogen-bond donors (Lipinski definition) is 1. The van der Waals surface area contributed by atoms with Crippen LogP contribution in [0.25, 0.3) is 0 Å². The first-order valence-corrected chi connectivity index (χ1v) is 9.60. The molecule has 27 heavy (non-hydrogen) atoms. The van der Waals surface area contributed by atoms with Crippen LogP contribution >= 0.6 is 0 Å². The molecule has 0 saturated heterocycles. The van der Waals surface area contributed by atoms with Crippen LogP contribution in [-0.2, 0) is 16.0 Å². The van der Waals surface area contributed by atoms with E-state index in [9.17, 15) is 9.90 Å². The summed E-state index contributed by atoms with van der Waals surface area (Å²) in [5.41, 5.74) is 2.98. The van der Waals surface area contributed by atoms with Crippen molar-refractivity contribution in [3.05, 3.63) is 71.3 Å². The maximum Gasteiger partial charge on any atom is 0.308 e. The van der Waals surface area contributed by atoms with Gasteiger partial charge < -0.3 is 9.84 Å². The van der Waals surface area contributed by atoms with Gasteiger partial charge in [-0.1, -0.05) is 54.6 Å². The molecule has 0 bridgehead atoms. The summed E-state index contributed by atoms with van der Waals surface area (Å²) in [5, 5.41) is 10.2. The molecule has 4 heteroatoms. The first-order valence-electron chi connectivity index (χ1n) is 9.60. The van der Waals surface area contributed by atoms with Crippen LogP contribution in [0, 0.1) is 0 Å². The number of aliphatic hydroxyl groups excluding tert-OH is 1. The van der Waals surface area contributed by atoms with Crippen LogP contribution in [-0.4, -0.2) is 34.7 Å². The molecule has 0 amide bonds. The fourth-order valence-electron chi connectivity index (χ4n) is 3.89. The highest BCUT2D eigenvalue weighted by molar-refractivity contribution is 5.71. The number of fused-ring (bicyclic) bond motifs is 1. The summed E-state index contributed by atoms with van der Waals surface area (Å²) >= 11 is 0. The number of hydrogen-bond acceptors (Lipinski definition) is 4. The molecule has 2 aromatic carbocycles. The molecule has 1 N–H and O–H groups in total. The lowest BCUT2D eigenvalue weighted by Gasteiger charge is -2.42. The summed E-state index contributed by atoms with van der Waals surface area (Å²) < 4.78 is 5.59. The maximum absolute atomic E-state index is 12.6. The number of carbonyl (C=O) groups is 1. The van der Waals surface area contributed by atoms with Crippen molar-refractivity contribution in [2.45, 2.75) is 51.3 Å². The molecule has 3 rings (SSSR count). The third kappa shape index (κ3) is 4.76. The van der Waals surface area contributed by atoms with Crippen molar-refractivity contribution in [3.63, 3.8) is 0 Å². The highest BCUT2D eigenvalue weighted by Gasteiger charge is 2.35. The summed E-state index contributed by atoms with van der Waals surface area (Å²) in [7, 11) is 0. The average molecular weight is 367 g/mol. The predicted molar refractivity (Wildman–Crippen MR) is 106 cm³/mol. The molecule has 144 valence electrons. The maximum atomic E-state index is 12.6. The third-order valence-electron chi connectivity index (χ3n) is 4.99. The molecule has 1 aliphatic rings. The van der Waals surface area contributed by atoms with Crippen LogP contribution in [0.4, 0.5) is 0 Å². The Hall–Kier alpha value is -2.17. The monoisotopic (exact) mass is 367 g/mol. The van der Waals surface area contributed by atoms with Gasteiger partial charge in [-0.2, -0.15) is 0 Å². The van der Waals surface area contributed by atoms with Gasteiger partial charge in [0.2, 0.25) is 0 Å². The molecule has 1 heterocycles. The zero-order valence-electron chi connectivity index (χ0n) is 16.4. The molecule has 0 unspecified atom stereocenters. The van der Waals surface area contributed by atoms with Crippen molar-refractivity contribution < 1.29 is 14.6 Å². The second kappa shape index (κ2) is 8.24. The van der Waals surface area contributed by atoms with Crippen molar-refractivity contribution in [2.75, 3.05) is 13.2 Å². The minimum atomic E-state index is -0.508. The van der Waals surface area contributed by atoms with Crippen molar-refractivity contribution >= 4 is 5.97 Å². The van der Waals surface area contributed by atoms with E-state index in [4.69, 9.17) is 4.74 Å². The van der Waals surface area contributed by atoms with E-state index >= 15 is 0 Å². The SMILES string of the molecule is CC(C)(C)OC(=O)C[C@@H]1c2ccccc2CCN1[C@@H](CO)c1ccccc1. The Bertz CT molecular complexity index is 767. The number of rotatable bonds is 5. The van der Waals surface area contributed by atoms with Crippen LogP contribution in [0.5, 0.6) is 0 Å². The average Bonchev–Trinajstić information content (AvgIpc) is 2.63. The summed E-state index contributed by atoms with van der Waals surface area (Å²) in [6.45, 7) is 6.47. The number of ether oxygens (including phenoxy) is 1. The van der Waals surface area contributed by atoms with Crippen molar-refractivity contribution in [1.29, 1.82) is 0 Å². The topological polar surface area (TPSA) is 49.8 Å². The number of aliphatic hydroxyl groups is 1. The van der Waals surface area contributed by atoms with E-state index in [0.29, 0.717) is 0 Å². The van der Waals surface area contributed by atoms with Crippen LogP contribution < -0.4 is 0 Å². The number of esters is 1. The summed E-state index contributed by atoms with van der Waals surface area (Å²) in [5.74, 6) is -0.209. The van der Waals surface area contributed by atoms with Gasteiger partial charge in [0.25, 0.3) is 0 Å². The molecule has 0 fully saturated rings. The fraction of sp³-hybridized carbons (Fsp3) is 0.435. The van der Waals surface area contributed by atoms with Gasteiger partial charge in [-0.25, -0.2) is 0 Å². The van der Waals surface area contributed by atoms with Crippen molar-refractivity contribution in [2.24, 2.45) is 0 Å². The summed E-state index contributed by atoms with van der Waals surface area (Å²) in [4.78, 5) is 14.9. The number of benzene rings is 2. The highest BCUT2D eigenvalue weighted by atomic mass is 16.6. The van der Waals surface area contributed by atoms with Gasteiger partial charge in [-0.15, -0.1) is 0 Å². The molecule has 4 nitrogen and oxygen atoms in total. The fourth-order valence-corrected chi connectivity index (χ4v) is 3.89. The van der Waals surface area contributed by atoms with Gasteiger partial charge in [-0.05, 0) is 43.9 Å². The second-order valence-electron chi connectivity index (χ2n) is 8.10. The minimum absolute atomic E-state index is 0.0109. The Morgan fingerprint density at radius 3 is 2.48 bits per heavy atom. The van der Waals surface area contributed by atoms with E-state index in [2.05, 4.69) is 17.0 Å². The Labute approximate surface area is 161 Å². The Balaban J connectivity index is 1.93. The van der Waals surface area contributed by atoms with E-state index in [0.717, 1.165) is 24.1 Å². The summed E-state index contributed by atoms with van der Waals surface area (Å²) in [6.07, 6.45) is 1.18.